The number of hydrogen-bond donors (Lipinski definition) is 2. The van der Waals surface area contributed by atoms with Crippen molar-refractivity contribution in [1.29, 1.82) is 0 Å². The van der Waals surface area contributed by atoms with E-state index < -0.39 is 11.5 Å². The van der Waals surface area contributed by atoms with Crippen LogP contribution in [0.15, 0.2) is 11.6 Å². The van der Waals surface area contributed by atoms with Crippen molar-refractivity contribution >= 4 is 23.3 Å². The molecule has 0 radical (unpaired) electrons. The summed E-state index contributed by atoms with van der Waals surface area (Å²) in [5.41, 5.74) is 2.26. The summed E-state index contributed by atoms with van der Waals surface area (Å²) in [5, 5.41) is 12.9. The Morgan fingerprint density at radius 1 is 1.28 bits per heavy atom. The van der Waals surface area contributed by atoms with Gasteiger partial charge in [-0.2, -0.15) is 9.78 Å². The fraction of sp³-hybridized carbons (Fsp3) is 0.600. The summed E-state index contributed by atoms with van der Waals surface area (Å²) in [4.78, 5) is 32.3. The third kappa shape index (κ3) is 4.35. The van der Waals surface area contributed by atoms with Crippen molar-refractivity contribution in [3.05, 3.63) is 22.8 Å². The Morgan fingerprint density at radius 2 is 2.00 bits per heavy atom. The SMILES string of the molecule is CNC(=O)C(NC(=O)n1nc(-c2nccs2)c2c1CCN(C(C)C)C2)C(C)(C)C. The van der Waals surface area contributed by atoms with Gasteiger partial charge in [0.25, 0.3) is 0 Å². The molecule has 8 nitrogen and oxygen atoms in total. The molecule has 2 N–H and O–H groups in total. The molecular formula is C20H30N6O2S. The number of aromatic nitrogens is 3. The predicted molar refractivity (Wildman–Crippen MR) is 114 cm³/mol. The summed E-state index contributed by atoms with van der Waals surface area (Å²) in [5.74, 6) is -0.224. The monoisotopic (exact) mass is 418 g/mol. The molecule has 0 aliphatic carbocycles. The van der Waals surface area contributed by atoms with Crippen molar-refractivity contribution < 1.29 is 9.59 Å². The van der Waals surface area contributed by atoms with Crippen molar-refractivity contribution in [2.45, 2.75) is 59.7 Å². The molecule has 1 unspecified atom stereocenters. The molecule has 3 rings (SSSR count). The van der Waals surface area contributed by atoms with Crippen LogP contribution in [0.25, 0.3) is 10.7 Å². The molecular weight excluding hydrogens is 388 g/mol. The lowest BCUT2D eigenvalue weighted by atomic mass is 9.86. The van der Waals surface area contributed by atoms with E-state index >= 15 is 0 Å². The number of thiazole rings is 1. The maximum absolute atomic E-state index is 13.2. The van der Waals surface area contributed by atoms with Crippen LogP contribution in [0.5, 0.6) is 0 Å². The first-order chi connectivity index (χ1) is 13.6. The van der Waals surface area contributed by atoms with Gasteiger partial charge in [0, 0.05) is 49.7 Å². The van der Waals surface area contributed by atoms with Gasteiger partial charge in [0.2, 0.25) is 5.91 Å². The van der Waals surface area contributed by atoms with Gasteiger partial charge in [-0.3, -0.25) is 9.69 Å². The number of rotatable bonds is 4. The Labute approximate surface area is 175 Å². The third-order valence-electron chi connectivity index (χ3n) is 5.29. The number of carbonyl (C=O) groups is 2. The van der Waals surface area contributed by atoms with Crippen LogP contribution >= 0.6 is 11.3 Å². The van der Waals surface area contributed by atoms with E-state index in [-0.39, 0.29) is 11.9 Å². The summed E-state index contributed by atoms with van der Waals surface area (Å²) in [7, 11) is 1.57. The van der Waals surface area contributed by atoms with Gasteiger partial charge < -0.3 is 10.6 Å². The lowest BCUT2D eigenvalue weighted by molar-refractivity contribution is -0.124. The highest BCUT2D eigenvalue weighted by Crippen LogP contribution is 2.32. The van der Waals surface area contributed by atoms with E-state index in [4.69, 9.17) is 0 Å². The molecule has 2 amide bonds. The number of carbonyl (C=O) groups excluding carboxylic acids is 2. The Balaban J connectivity index is 1.99. The molecule has 2 aromatic rings. The molecule has 0 saturated heterocycles. The lowest BCUT2D eigenvalue weighted by Crippen LogP contribution is -2.54. The molecule has 0 aromatic carbocycles. The van der Waals surface area contributed by atoms with E-state index in [0.717, 1.165) is 41.5 Å². The van der Waals surface area contributed by atoms with Crippen LogP contribution in [0.3, 0.4) is 0 Å². The minimum absolute atomic E-state index is 0.224. The molecule has 0 spiro atoms. The number of nitrogens with zero attached hydrogens (tertiary/aromatic N) is 4. The predicted octanol–water partition coefficient (Wildman–Crippen LogP) is 2.49. The molecule has 3 heterocycles. The number of likely N-dealkylation sites (N-methyl/N-ethyl adjacent to an activating group) is 1. The minimum atomic E-state index is -0.668. The van der Waals surface area contributed by atoms with Gasteiger partial charge >= 0.3 is 6.03 Å². The fourth-order valence-corrected chi connectivity index (χ4v) is 4.21. The summed E-state index contributed by atoms with van der Waals surface area (Å²) in [6.07, 6.45) is 2.47. The van der Waals surface area contributed by atoms with E-state index in [1.807, 2.05) is 26.2 Å². The molecule has 9 heteroatoms. The first-order valence-electron chi connectivity index (χ1n) is 9.90. The van der Waals surface area contributed by atoms with Gasteiger partial charge in [0.05, 0.1) is 5.69 Å². The molecule has 0 saturated carbocycles. The smallest absolute Gasteiger partial charge is 0.343 e. The van der Waals surface area contributed by atoms with E-state index in [2.05, 4.69) is 39.5 Å². The van der Waals surface area contributed by atoms with Gasteiger partial charge in [-0.1, -0.05) is 20.8 Å². The molecule has 0 bridgehead atoms. The zero-order valence-corrected chi connectivity index (χ0v) is 18.8. The van der Waals surface area contributed by atoms with Crippen molar-refractivity contribution in [3.63, 3.8) is 0 Å². The molecule has 1 atom stereocenters. The first-order valence-corrected chi connectivity index (χ1v) is 10.8. The largest absolute Gasteiger partial charge is 0.357 e. The van der Waals surface area contributed by atoms with Gasteiger partial charge in [0.15, 0.2) is 0 Å². The second kappa shape index (κ2) is 8.23. The van der Waals surface area contributed by atoms with Gasteiger partial charge in [0.1, 0.15) is 16.7 Å². The van der Waals surface area contributed by atoms with Crippen molar-refractivity contribution in [2.75, 3.05) is 13.6 Å². The van der Waals surface area contributed by atoms with E-state index in [1.165, 1.54) is 16.0 Å². The van der Waals surface area contributed by atoms with Crippen LogP contribution < -0.4 is 10.6 Å². The number of fused-ring (bicyclic) bond motifs is 1. The Bertz CT molecular complexity index is 882. The van der Waals surface area contributed by atoms with Gasteiger partial charge in [-0.05, 0) is 19.3 Å². The third-order valence-corrected chi connectivity index (χ3v) is 6.07. The first kappa shape index (κ1) is 21.4. The summed E-state index contributed by atoms with van der Waals surface area (Å²) < 4.78 is 1.44. The quantitative estimate of drug-likeness (QED) is 0.796. The maximum atomic E-state index is 13.2. The maximum Gasteiger partial charge on any atom is 0.343 e. The second-order valence-corrected chi connectivity index (χ2v) is 9.59. The van der Waals surface area contributed by atoms with Crippen molar-refractivity contribution in [3.8, 4) is 10.7 Å². The highest BCUT2D eigenvalue weighted by molar-refractivity contribution is 7.13. The van der Waals surface area contributed by atoms with Gasteiger partial charge in [-0.15, -0.1) is 11.3 Å². The van der Waals surface area contributed by atoms with Crippen LogP contribution in [0.1, 0.15) is 45.9 Å². The molecule has 0 fully saturated rings. The summed E-state index contributed by atoms with van der Waals surface area (Å²) in [6.45, 7) is 11.7. The van der Waals surface area contributed by atoms with Crippen LogP contribution in [0.4, 0.5) is 4.79 Å². The lowest BCUT2D eigenvalue weighted by Gasteiger charge is -2.31. The second-order valence-electron chi connectivity index (χ2n) is 8.70. The van der Waals surface area contributed by atoms with Crippen LogP contribution in [-0.4, -0.2) is 57.3 Å². The highest BCUT2D eigenvalue weighted by atomic mass is 32.1. The zero-order valence-electron chi connectivity index (χ0n) is 17.9. The van der Waals surface area contributed by atoms with Crippen LogP contribution in [0.2, 0.25) is 0 Å². The highest BCUT2D eigenvalue weighted by Gasteiger charge is 2.35. The van der Waals surface area contributed by atoms with E-state index in [0.29, 0.717) is 6.04 Å². The fourth-order valence-electron chi connectivity index (χ4n) is 3.57. The summed E-state index contributed by atoms with van der Waals surface area (Å²) >= 11 is 1.51. The Morgan fingerprint density at radius 3 is 2.55 bits per heavy atom. The molecule has 158 valence electrons. The average molecular weight is 419 g/mol. The Kier molecular flexibility index (Phi) is 6.09. The number of hydrogen-bond acceptors (Lipinski definition) is 6. The van der Waals surface area contributed by atoms with Crippen molar-refractivity contribution in [2.24, 2.45) is 5.41 Å². The molecule has 2 aromatic heterocycles. The van der Waals surface area contributed by atoms with E-state index in [1.54, 1.807) is 13.2 Å². The van der Waals surface area contributed by atoms with Crippen LogP contribution in [-0.2, 0) is 17.8 Å². The topological polar surface area (TPSA) is 92.2 Å². The number of nitrogens with one attached hydrogen (secondary N) is 2. The van der Waals surface area contributed by atoms with E-state index in [9.17, 15) is 9.59 Å². The minimum Gasteiger partial charge on any atom is -0.357 e. The molecule has 1 aliphatic heterocycles. The molecule has 1 aliphatic rings. The molecule has 29 heavy (non-hydrogen) atoms. The summed E-state index contributed by atoms with van der Waals surface area (Å²) in [6, 6.07) is -0.646. The average Bonchev–Trinajstić information content (AvgIpc) is 3.31. The van der Waals surface area contributed by atoms with Crippen LogP contribution in [0, 0.1) is 5.41 Å². The zero-order chi connectivity index (χ0) is 21.3. The number of amides is 2. The standard InChI is InChI=1S/C20H30N6O2S/c1-12(2)25-9-7-14-13(11-25)15(18-22-8-10-29-18)24-26(14)19(28)23-16(17(27)21-6)20(3,4)5/h8,10,12,16H,7,9,11H2,1-6H3,(H,21,27)(H,23,28). The van der Waals surface area contributed by atoms with Crippen molar-refractivity contribution in [1.82, 2.24) is 30.3 Å². The normalized spacial score (nSPS) is 15.8. The van der Waals surface area contributed by atoms with Gasteiger partial charge in [-0.25, -0.2) is 9.78 Å². The Hall–Kier alpha value is -2.26.